The largest absolute Gasteiger partial charge is 0.388 e. The molecule has 0 bridgehead atoms. The van der Waals surface area contributed by atoms with E-state index in [-0.39, 0.29) is 29.4 Å². The lowest BCUT2D eigenvalue weighted by Crippen LogP contribution is -2.23. The van der Waals surface area contributed by atoms with Crippen LogP contribution >= 0.6 is 23.2 Å². The summed E-state index contributed by atoms with van der Waals surface area (Å²) in [6.45, 7) is 1.91. The standard InChI is InChI=1S/C17H15Cl2N3O3/c1-10-2-7-13(19)17(24)22(10)9-16-20-15(21-25-16)8-14(23)11-3-5-12(18)6-4-11/h2-7,14,23H,8-9H2,1H3/t14-/m0/s1. The van der Waals surface area contributed by atoms with Gasteiger partial charge >= 0.3 is 0 Å². The zero-order valence-electron chi connectivity index (χ0n) is 13.3. The number of halogens is 2. The predicted octanol–water partition coefficient (Wildman–Crippen LogP) is 3.17. The maximum Gasteiger partial charge on any atom is 0.269 e. The lowest BCUT2D eigenvalue weighted by atomic mass is 10.1. The molecule has 0 saturated carbocycles. The van der Waals surface area contributed by atoms with Gasteiger partial charge in [-0.1, -0.05) is 40.5 Å². The number of benzene rings is 1. The molecule has 25 heavy (non-hydrogen) atoms. The third kappa shape index (κ3) is 4.10. The number of aryl methyl sites for hydroxylation is 1. The van der Waals surface area contributed by atoms with Crippen LogP contribution in [0.15, 0.2) is 45.7 Å². The molecule has 3 aromatic rings. The Morgan fingerprint density at radius 2 is 1.92 bits per heavy atom. The molecule has 0 amide bonds. The Labute approximate surface area is 153 Å². The zero-order valence-corrected chi connectivity index (χ0v) is 14.8. The number of hydrogen-bond donors (Lipinski definition) is 1. The Morgan fingerprint density at radius 1 is 1.20 bits per heavy atom. The van der Waals surface area contributed by atoms with Gasteiger partial charge in [0.25, 0.3) is 5.56 Å². The monoisotopic (exact) mass is 379 g/mol. The molecule has 3 rings (SSSR count). The fourth-order valence-corrected chi connectivity index (χ4v) is 2.68. The van der Waals surface area contributed by atoms with Gasteiger partial charge in [-0.15, -0.1) is 0 Å². The van der Waals surface area contributed by atoms with Crippen LogP contribution in [0.3, 0.4) is 0 Å². The van der Waals surface area contributed by atoms with Crippen LogP contribution in [-0.4, -0.2) is 19.8 Å². The Hall–Kier alpha value is -2.15. The molecular weight excluding hydrogens is 365 g/mol. The highest BCUT2D eigenvalue weighted by atomic mass is 35.5. The van der Waals surface area contributed by atoms with Crippen LogP contribution < -0.4 is 5.56 Å². The zero-order chi connectivity index (χ0) is 18.0. The molecule has 1 atom stereocenters. The topological polar surface area (TPSA) is 81.2 Å². The van der Waals surface area contributed by atoms with E-state index in [0.29, 0.717) is 16.4 Å². The number of pyridine rings is 1. The minimum Gasteiger partial charge on any atom is -0.388 e. The SMILES string of the molecule is Cc1ccc(Cl)c(=O)n1Cc1nc(C[C@H](O)c2ccc(Cl)cc2)no1. The predicted molar refractivity (Wildman–Crippen MR) is 94.0 cm³/mol. The van der Waals surface area contributed by atoms with Crippen molar-refractivity contribution in [2.24, 2.45) is 0 Å². The normalized spacial score (nSPS) is 12.3. The van der Waals surface area contributed by atoms with E-state index < -0.39 is 6.10 Å². The third-order valence-electron chi connectivity index (χ3n) is 3.78. The van der Waals surface area contributed by atoms with Crippen LogP contribution in [0.1, 0.15) is 29.1 Å². The van der Waals surface area contributed by atoms with Crippen molar-refractivity contribution in [2.75, 3.05) is 0 Å². The van der Waals surface area contributed by atoms with E-state index in [0.717, 1.165) is 5.69 Å². The Bertz CT molecular complexity index is 935. The van der Waals surface area contributed by atoms with Crippen molar-refractivity contribution in [2.45, 2.75) is 26.0 Å². The molecule has 1 N–H and O–H groups in total. The molecule has 0 fully saturated rings. The number of rotatable bonds is 5. The van der Waals surface area contributed by atoms with Gasteiger partial charge in [0.1, 0.15) is 11.6 Å². The first-order valence-electron chi connectivity index (χ1n) is 7.55. The number of nitrogens with zero attached hydrogens (tertiary/aromatic N) is 3. The minimum absolute atomic E-state index is 0.120. The molecule has 0 aliphatic carbocycles. The van der Waals surface area contributed by atoms with Gasteiger partial charge in [0.05, 0.1) is 6.10 Å². The molecule has 2 heterocycles. The highest BCUT2D eigenvalue weighted by molar-refractivity contribution is 6.30. The first-order valence-corrected chi connectivity index (χ1v) is 8.30. The first kappa shape index (κ1) is 17.7. The molecule has 2 aromatic heterocycles. The smallest absolute Gasteiger partial charge is 0.269 e. The van der Waals surface area contributed by atoms with Crippen molar-refractivity contribution in [3.63, 3.8) is 0 Å². The quantitative estimate of drug-likeness (QED) is 0.735. The highest BCUT2D eigenvalue weighted by Gasteiger charge is 2.15. The molecule has 0 aliphatic rings. The van der Waals surface area contributed by atoms with Crippen LogP contribution in [0.4, 0.5) is 0 Å². The van der Waals surface area contributed by atoms with Crippen LogP contribution in [-0.2, 0) is 13.0 Å². The fraction of sp³-hybridized carbons (Fsp3) is 0.235. The molecule has 6 nitrogen and oxygen atoms in total. The van der Waals surface area contributed by atoms with E-state index in [9.17, 15) is 9.90 Å². The van der Waals surface area contributed by atoms with Crippen molar-refractivity contribution in [3.8, 4) is 0 Å². The second-order valence-electron chi connectivity index (χ2n) is 5.59. The molecule has 0 unspecified atom stereocenters. The van der Waals surface area contributed by atoms with Crippen molar-refractivity contribution >= 4 is 23.2 Å². The molecule has 0 aliphatic heterocycles. The van der Waals surface area contributed by atoms with E-state index in [1.165, 1.54) is 4.57 Å². The average molecular weight is 380 g/mol. The minimum atomic E-state index is -0.779. The number of aromatic nitrogens is 3. The lowest BCUT2D eigenvalue weighted by molar-refractivity contribution is 0.174. The summed E-state index contributed by atoms with van der Waals surface area (Å²) in [5.41, 5.74) is 1.12. The Kier molecular flexibility index (Phi) is 5.22. The van der Waals surface area contributed by atoms with Crippen molar-refractivity contribution in [1.82, 2.24) is 14.7 Å². The van der Waals surface area contributed by atoms with Gasteiger partial charge in [-0.05, 0) is 36.8 Å². The van der Waals surface area contributed by atoms with Crippen LogP contribution in [0.2, 0.25) is 10.0 Å². The van der Waals surface area contributed by atoms with E-state index in [2.05, 4.69) is 10.1 Å². The second-order valence-corrected chi connectivity index (χ2v) is 6.43. The Morgan fingerprint density at radius 3 is 2.64 bits per heavy atom. The molecule has 130 valence electrons. The van der Waals surface area contributed by atoms with Crippen molar-refractivity contribution in [1.29, 1.82) is 0 Å². The van der Waals surface area contributed by atoms with Gasteiger partial charge in [-0.25, -0.2) is 0 Å². The Balaban J connectivity index is 1.74. The summed E-state index contributed by atoms with van der Waals surface area (Å²) in [4.78, 5) is 16.3. The lowest BCUT2D eigenvalue weighted by Gasteiger charge is -2.08. The van der Waals surface area contributed by atoms with Crippen LogP contribution in [0.5, 0.6) is 0 Å². The second kappa shape index (κ2) is 7.39. The number of hydrogen-bond acceptors (Lipinski definition) is 5. The third-order valence-corrected chi connectivity index (χ3v) is 4.32. The highest BCUT2D eigenvalue weighted by Crippen LogP contribution is 2.19. The first-order chi connectivity index (χ1) is 11.9. The van der Waals surface area contributed by atoms with Gasteiger partial charge in [0, 0.05) is 17.1 Å². The van der Waals surface area contributed by atoms with E-state index >= 15 is 0 Å². The maximum absolute atomic E-state index is 12.1. The van der Waals surface area contributed by atoms with Gasteiger partial charge < -0.3 is 14.2 Å². The van der Waals surface area contributed by atoms with Crippen molar-refractivity contribution in [3.05, 3.63) is 79.8 Å². The summed E-state index contributed by atoms with van der Waals surface area (Å²) >= 11 is 11.7. The average Bonchev–Trinajstić information content (AvgIpc) is 3.03. The summed E-state index contributed by atoms with van der Waals surface area (Å²) in [5.74, 6) is 0.621. The summed E-state index contributed by atoms with van der Waals surface area (Å²) in [6.07, 6.45) is -0.590. The maximum atomic E-state index is 12.1. The number of aliphatic hydroxyl groups is 1. The summed E-state index contributed by atoms with van der Waals surface area (Å²) < 4.78 is 6.63. The molecule has 0 radical (unpaired) electrons. The van der Waals surface area contributed by atoms with E-state index in [1.807, 2.05) is 0 Å². The molecular formula is C17H15Cl2N3O3. The van der Waals surface area contributed by atoms with Gasteiger partial charge in [0.15, 0.2) is 5.82 Å². The summed E-state index contributed by atoms with van der Waals surface area (Å²) in [5, 5.41) is 14.8. The molecule has 0 spiro atoms. The molecule has 1 aromatic carbocycles. The van der Waals surface area contributed by atoms with Gasteiger partial charge in [-0.3, -0.25) is 4.79 Å². The molecule has 0 saturated heterocycles. The van der Waals surface area contributed by atoms with E-state index in [4.69, 9.17) is 27.7 Å². The van der Waals surface area contributed by atoms with Gasteiger partial charge in [0.2, 0.25) is 5.89 Å². The summed E-state index contributed by atoms with van der Waals surface area (Å²) in [6, 6.07) is 10.2. The summed E-state index contributed by atoms with van der Waals surface area (Å²) in [7, 11) is 0. The van der Waals surface area contributed by atoms with E-state index in [1.54, 1.807) is 43.3 Å². The van der Waals surface area contributed by atoms with Crippen LogP contribution in [0.25, 0.3) is 0 Å². The van der Waals surface area contributed by atoms with Crippen LogP contribution in [0, 0.1) is 6.92 Å². The molecule has 8 heteroatoms. The number of aliphatic hydroxyl groups excluding tert-OH is 1. The van der Waals surface area contributed by atoms with Crippen molar-refractivity contribution < 1.29 is 9.63 Å². The van der Waals surface area contributed by atoms with Gasteiger partial charge in [-0.2, -0.15) is 4.98 Å². The fourth-order valence-electron chi connectivity index (χ4n) is 2.39.